The lowest BCUT2D eigenvalue weighted by atomic mass is 10.1. The van der Waals surface area contributed by atoms with E-state index in [0.29, 0.717) is 35.9 Å². The van der Waals surface area contributed by atoms with E-state index in [0.717, 1.165) is 18.5 Å². The second kappa shape index (κ2) is 8.14. The van der Waals surface area contributed by atoms with Crippen molar-refractivity contribution in [2.75, 3.05) is 13.1 Å². The number of amides is 1. The van der Waals surface area contributed by atoms with Crippen molar-refractivity contribution in [3.8, 4) is 0 Å². The maximum Gasteiger partial charge on any atom is 0.269 e. The molecule has 0 spiro atoms. The Morgan fingerprint density at radius 2 is 2.35 bits per heavy atom. The van der Waals surface area contributed by atoms with Crippen LogP contribution in [0.2, 0.25) is 5.02 Å². The van der Waals surface area contributed by atoms with Gasteiger partial charge in [0.25, 0.3) is 5.91 Å². The number of hydrogen-bond donors (Lipinski definition) is 3. The van der Waals surface area contributed by atoms with Gasteiger partial charge >= 0.3 is 0 Å². The van der Waals surface area contributed by atoms with Crippen LogP contribution in [0.5, 0.6) is 0 Å². The first kappa shape index (κ1) is 18.1. The molecule has 0 saturated carbocycles. The van der Waals surface area contributed by atoms with Gasteiger partial charge in [0.2, 0.25) is 0 Å². The zero-order valence-corrected chi connectivity index (χ0v) is 14.8. The van der Waals surface area contributed by atoms with Crippen LogP contribution in [0, 0.1) is 11.2 Å². The molecule has 136 valence electrons. The number of fused-ring (bicyclic) bond motifs is 1. The molecule has 0 fully saturated rings. The first-order chi connectivity index (χ1) is 12.5. The summed E-state index contributed by atoms with van der Waals surface area (Å²) in [5.74, 6) is -0.804. The molecule has 2 heterocycles. The molecule has 0 aliphatic carbocycles. The number of carbonyl (C=O) groups is 1. The lowest BCUT2D eigenvalue weighted by molar-refractivity contribution is -0.114. The predicted molar refractivity (Wildman–Crippen MR) is 98.7 cm³/mol. The third-order valence-electron chi connectivity index (χ3n) is 4.03. The van der Waals surface area contributed by atoms with Crippen LogP contribution in [-0.2, 0) is 17.8 Å². The van der Waals surface area contributed by atoms with Crippen LogP contribution < -0.4 is 10.6 Å². The lowest BCUT2D eigenvalue weighted by Crippen LogP contribution is -2.31. The molecule has 3 rings (SSSR count). The molecule has 1 aromatic carbocycles. The third kappa shape index (κ3) is 4.29. The topological polar surface area (TPSA) is 82.8 Å². The Morgan fingerprint density at radius 1 is 1.50 bits per heavy atom. The summed E-state index contributed by atoms with van der Waals surface area (Å²) >= 11 is 6.19. The molecule has 1 aromatic heterocycles. The molecule has 0 unspecified atom stereocenters. The van der Waals surface area contributed by atoms with Crippen LogP contribution in [0.4, 0.5) is 4.39 Å². The van der Waals surface area contributed by atoms with Gasteiger partial charge < -0.3 is 10.6 Å². The molecule has 26 heavy (non-hydrogen) atoms. The second-order valence-electron chi connectivity index (χ2n) is 5.95. The van der Waals surface area contributed by atoms with Gasteiger partial charge in [-0.15, -0.1) is 0 Å². The number of halogens is 2. The molecular weight excluding hydrogens is 357 g/mol. The van der Waals surface area contributed by atoms with Gasteiger partial charge in [0, 0.05) is 19.6 Å². The van der Waals surface area contributed by atoms with Crippen LogP contribution >= 0.6 is 11.6 Å². The summed E-state index contributed by atoms with van der Waals surface area (Å²) in [5, 5.41) is 18.6. The maximum atomic E-state index is 13.1. The normalized spacial score (nSPS) is 15.1. The molecule has 1 aliphatic rings. The van der Waals surface area contributed by atoms with Gasteiger partial charge in [-0.2, -0.15) is 5.10 Å². The summed E-state index contributed by atoms with van der Waals surface area (Å²) in [6.45, 7) is 1.75. The number of aryl methyl sites for hydroxylation is 1. The van der Waals surface area contributed by atoms with E-state index < -0.39 is 5.91 Å². The fourth-order valence-electron chi connectivity index (χ4n) is 2.77. The van der Waals surface area contributed by atoms with Gasteiger partial charge in [-0.25, -0.2) is 4.39 Å². The molecule has 1 amide bonds. The standard InChI is InChI=1S/C18H19ClFN5O/c19-14-11-24-25-8-2-6-22-16(17(14)25)10-15(21)18(26)23-7-5-12-3-1-4-13(20)9-12/h1,3-4,9-11,21-22H,2,5-8H2,(H,23,26)/b16-10-,21-15?. The van der Waals surface area contributed by atoms with E-state index in [-0.39, 0.29) is 11.5 Å². The highest BCUT2D eigenvalue weighted by Crippen LogP contribution is 2.24. The van der Waals surface area contributed by atoms with E-state index in [1.165, 1.54) is 18.2 Å². The summed E-state index contributed by atoms with van der Waals surface area (Å²) in [5.41, 5.74) is 1.89. The summed E-state index contributed by atoms with van der Waals surface area (Å²) in [6.07, 6.45) is 4.38. The van der Waals surface area contributed by atoms with Crippen LogP contribution in [0.1, 0.15) is 17.7 Å². The number of rotatable bonds is 5. The number of benzene rings is 1. The minimum atomic E-state index is -0.498. The van der Waals surface area contributed by atoms with Gasteiger partial charge in [0.05, 0.1) is 16.9 Å². The average Bonchev–Trinajstić information content (AvgIpc) is 2.85. The highest BCUT2D eigenvalue weighted by Gasteiger charge is 2.18. The lowest BCUT2D eigenvalue weighted by Gasteiger charge is -2.09. The Labute approximate surface area is 155 Å². The highest BCUT2D eigenvalue weighted by molar-refractivity contribution is 6.43. The van der Waals surface area contributed by atoms with Crippen LogP contribution in [0.3, 0.4) is 0 Å². The number of nitrogens with zero attached hydrogens (tertiary/aromatic N) is 2. The minimum Gasteiger partial charge on any atom is -0.383 e. The number of nitrogens with one attached hydrogen (secondary N) is 3. The largest absolute Gasteiger partial charge is 0.383 e. The molecular formula is C18H19ClFN5O. The molecule has 0 atom stereocenters. The smallest absolute Gasteiger partial charge is 0.269 e. The van der Waals surface area contributed by atoms with Crippen LogP contribution in [0.15, 0.2) is 36.5 Å². The van der Waals surface area contributed by atoms with E-state index in [9.17, 15) is 9.18 Å². The van der Waals surface area contributed by atoms with E-state index in [4.69, 9.17) is 17.0 Å². The Kier molecular flexibility index (Phi) is 5.68. The van der Waals surface area contributed by atoms with Gasteiger partial charge in [0.15, 0.2) is 0 Å². The van der Waals surface area contributed by atoms with Crippen molar-refractivity contribution in [3.63, 3.8) is 0 Å². The monoisotopic (exact) mass is 375 g/mol. The SMILES string of the molecule is N=C(/C=C1\NCCCn2ncc(Cl)c21)C(=O)NCCc1cccc(F)c1. The summed E-state index contributed by atoms with van der Waals surface area (Å²) in [7, 11) is 0. The van der Waals surface area contributed by atoms with Crippen molar-refractivity contribution in [2.45, 2.75) is 19.4 Å². The zero-order valence-electron chi connectivity index (χ0n) is 14.1. The molecule has 0 bridgehead atoms. The Hall–Kier alpha value is -2.67. The first-order valence-corrected chi connectivity index (χ1v) is 8.71. The van der Waals surface area contributed by atoms with E-state index in [2.05, 4.69) is 15.7 Å². The minimum absolute atomic E-state index is 0.183. The average molecular weight is 376 g/mol. The van der Waals surface area contributed by atoms with Crippen LogP contribution in [-0.4, -0.2) is 34.5 Å². The van der Waals surface area contributed by atoms with E-state index >= 15 is 0 Å². The molecule has 0 saturated heterocycles. The number of hydrogen-bond acceptors (Lipinski definition) is 4. The highest BCUT2D eigenvalue weighted by atomic mass is 35.5. The summed E-state index contributed by atoms with van der Waals surface area (Å²) in [4.78, 5) is 12.2. The maximum absolute atomic E-state index is 13.1. The van der Waals surface area contributed by atoms with Gasteiger partial charge in [-0.1, -0.05) is 23.7 Å². The zero-order chi connectivity index (χ0) is 18.5. The Balaban J connectivity index is 1.62. The van der Waals surface area contributed by atoms with Crippen molar-refractivity contribution in [2.24, 2.45) is 0 Å². The summed E-state index contributed by atoms with van der Waals surface area (Å²) in [6, 6.07) is 6.22. The molecule has 8 heteroatoms. The van der Waals surface area contributed by atoms with E-state index in [1.807, 2.05) is 0 Å². The van der Waals surface area contributed by atoms with E-state index in [1.54, 1.807) is 23.0 Å². The first-order valence-electron chi connectivity index (χ1n) is 8.33. The van der Waals surface area contributed by atoms with Crippen molar-refractivity contribution >= 4 is 28.9 Å². The van der Waals surface area contributed by atoms with Crippen molar-refractivity contribution in [1.82, 2.24) is 20.4 Å². The third-order valence-corrected chi connectivity index (χ3v) is 4.31. The molecule has 3 N–H and O–H groups in total. The second-order valence-corrected chi connectivity index (χ2v) is 6.36. The Morgan fingerprint density at radius 3 is 3.15 bits per heavy atom. The fraction of sp³-hybridized carbons (Fsp3) is 0.278. The number of aromatic nitrogens is 2. The summed E-state index contributed by atoms with van der Waals surface area (Å²) < 4.78 is 14.9. The number of carbonyl (C=O) groups excluding carboxylic acids is 1. The van der Waals surface area contributed by atoms with Gasteiger partial charge in [-0.05, 0) is 36.6 Å². The molecule has 2 aromatic rings. The molecule has 6 nitrogen and oxygen atoms in total. The van der Waals surface area contributed by atoms with Crippen molar-refractivity contribution in [3.05, 3.63) is 58.6 Å². The van der Waals surface area contributed by atoms with Crippen LogP contribution in [0.25, 0.3) is 5.70 Å². The van der Waals surface area contributed by atoms with Crippen molar-refractivity contribution < 1.29 is 9.18 Å². The Bertz CT molecular complexity index is 861. The predicted octanol–water partition coefficient (Wildman–Crippen LogP) is 2.39. The molecule has 0 radical (unpaired) electrons. The van der Waals surface area contributed by atoms with Gasteiger partial charge in [0.1, 0.15) is 17.2 Å². The van der Waals surface area contributed by atoms with Gasteiger partial charge in [-0.3, -0.25) is 14.9 Å². The van der Waals surface area contributed by atoms with Crippen molar-refractivity contribution in [1.29, 1.82) is 5.41 Å². The quantitative estimate of drug-likeness (QED) is 0.702. The fourth-order valence-corrected chi connectivity index (χ4v) is 3.02. The molecule has 1 aliphatic heterocycles.